The third kappa shape index (κ3) is 2.42. The lowest BCUT2D eigenvalue weighted by atomic mass is 10.3. The van der Waals surface area contributed by atoms with E-state index in [0.29, 0.717) is 5.69 Å². The minimum atomic E-state index is -0.412. The van der Waals surface area contributed by atoms with Crippen LogP contribution in [0.2, 0.25) is 0 Å². The summed E-state index contributed by atoms with van der Waals surface area (Å²) in [5, 5.41) is 16.7. The van der Waals surface area contributed by atoms with Gasteiger partial charge in [0.25, 0.3) is 0 Å². The number of aromatic hydroxyl groups is 1. The first kappa shape index (κ1) is 10.3. The Hall–Kier alpha value is -2.23. The van der Waals surface area contributed by atoms with E-state index < -0.39 is 5.82 Å². The molecule has 0 saturated heterocycles. The predicted octanol–water partition coefficient (Wildman–Crippen LogP) is 3.95. The van der Waals surface area contributed by atoms with Gasteiger partial charge in [-0.3, -0.25) is 0 Å². The minimum Gasteiger partial charge on any atom is -0.508 e. The lowest BCUT2D eigenvalue weighted by Gasteiger charge is -1.95. The SMILES string of the molecule is Oc1ccc(N=Nc2ccccc2F)cc1. The average Bonchev–Trinajstić information content (AvgIpc) is 2.30. The van der Waals surface area contributed by atoms with Gasteiger partial charge in [-0.15, -0.1) is 5.11 Å². The van der Waals surface area contributed by atoms with Crippen molar-refractivity contribution in [2.45, 2.75) is 0 Å². The van der Waals surface area contributed by atoms with Gasteiger partial charge in [-0.2, -0.15) is 5.11 Å². The summed E-state index contributed by atoms with van der Waals surface area (Å²) in [6, 6.07) is 12.3. The number of benzene rings is 2. The van der Waals surface area contributed by atoms with Crippen molar-refractivity contribution < 1.29 is 9.50 Å². The van der Waals surface area contributed by atoms with Gasteiger partial charge in [0, 0.05) is 0 Å². The van der Waals surface area contributed by atoms with Crippen LogP contribution in [0.15, 0.2) is 58.8 Å². The highest BCUT2D eigenvalue weighted by Gasteiger charge is 1.97. The van der Waals surface area contributed by atoms with Crippen LogP contribution >= 0.6 is 0 Å². The van der Waals surface area contributed by atoms with E-state index in [1.807, 2.05) is 0 Å². The average molecular weight is 216 g/mol. The summed E-state index contributed by atoms with van der Waals surface area (Å²) in [5.74, 6) is -0.255. The highest BCUT2D eigenvalue weighted by atomic mass is 19.1. The molecule has 0 aliphatic carbocycles. The van der Waals surface area contributed by atoms with Gasteiger partial charge in [0.2, 0.25) is 0 Å². The van der Waals surface area contributed by atoms with Crippen molar-refractivity contribution in [3.63, 3.8) is 0 Å². The van der Waals surface area contributed by atoms with Gasteiger partial charge in [-0.1, -0.05) is 12.1 Å². The Kier molecular flexibility index (Phi) is 2.91. The van der Waals surface area contributed by atoms with E-state index in [1.54, 1.807) is 30.3 Å². The van der Waals surface area contributed by atoms with E-state index in [4.69, 9.17) is 5.11 Å². The Morgan fingerprint density at radius 2 is 1.56 bits per heavy atom. The minimum absolute atomic E-state index is 0.157. The third-order valence-electron chi connectivity index (χ3n) is 1.98. The molecule has 0 amide bonds. The van der Waals surface area contributed by atoms with Crippen LogP contribution in [0.25, 0.3) is 0 Å². The highest BCUT2D eigenvalue weighted by molar-refractivity contribution is 5.42. The van der Waals surface area contributed by atoms with E-state index >= 15 is 0 Å². The number of azo groups is 1. The second kappa shape index (κ2) is 4.53. The summed E-state index contributed by atoms with van der Waals surface area (Å²) < 4.78 is 13.2. The first-order chi connectivity index (χ1) is 7.75. The van der Waals surface area contributed by atoms with Gasteiger partial charge in [0.05, 0.1) is 5.69 Å². The maximum atomic E-state index is 13.2. The number of halogens is 1. The molecule has 0 radical (unpaired) electrons. The molecule has 3 nitrogen and oxygen atoms in total. The second-order valence-electron chi connectivity index (χ2n) is 3.17. The number of hydrogen-bond donors (Lipinski definition) is 1. The Balaban J connectivity index is 2.21. The molecule has 0 saturated carbocycles. The molecular weight excluding hydrogens is 207 g/mol. The van der Waals surface area contributed by atoms with Crippen molar-refractivity contribution >= 4 is 11.4 Å². The van der Waals surface area contributed by atoms with Crippen molar-refractivity contribution in [3.05, 3.63) is 54.3 Å². The third-order valence-corrected chi connectivity index (χ3v) is 1.98. The van der Waals surface area contributed by atoms with Crippen molar-refractivity contribution in [3.8, 4) is 5.75 Å². The molecule has 0 atom stereocenters. The number of phenolic OH excluding ortho intramolecular Hbond substituents is 1. The standard InChI is InChI=1S/C12H9FN2O/c13-11-3-1-2-4-12(11)15-14-9-5-7-10(16)8-6-9/h1-8,16H. The lowest BCUT2D eigenvalue weighted by molar-refractivity contribution is 0.475. The molecule has 80 valence electrons. The first-order valence-electron chi connectivity index (χ1n) is 4.71. The molecule has 0 unspecified atom stereocenters. The Morgan fingerprint density at radius 1 is 0.875 bits per heavy atom. The predicted molar refractivity (Wildman–Crippen MR) is 58.7 cm³/mol. The molecular formula is C12H9FN2O. The monoisotopic (exact) mass is 216 g/mol. The molecule has 2 aromatic rings. The molecule has 0 fully saturated rings. The van der Waals surface area contributed by atoms with Gasteiger partial charge < -0.3 is 5.11 Å². The van der Waals surface area contributed by atoms with Crippen LogP contribution in [0, 0.1) is 5.82 Å². The number of nitrogens with zero attached hydrogens (tertiary/aromatic N) is 2. The van der Waals surface area contributed by atoms with E-state index in [2.05, 4.69) is 10.2 Å². The molecule has 2 aromatic carbocycles. The summed E-state index contributed by atoms with van der Waals surface area (Å²) in [6.45, 7) is 0. The molecule has 0 spiro atoms. The van der Waals surface area contributed by atoms with Crippen LogP contribution in [-0.2, 0) is 0 Å². The topological polar surface area (TPSA) is 45.0 Å². The Bertz CT molecular complexity index is 509. The normalized spacial score (nSPS) is 10.8. The number of hydrogen-bond acceptors (Lipinski definition) is 3. The summed E-state index contributed by atoms with van der Waals surface area (Å²) in [7, 11) is 0. The summed E-state index contributed by atoms with van der Waals surface area (Å²) >= 11 is 0. The second-order valence-corrected chi connectivity index (χ2v) is 3.17. The maximum absolute atomic E-state index is 13.2. The zero-order valence-electron chi connectivity index (χ0n) is 8.34. The fourth-order valence-corrected chi connectivity index (χ4v) is 1.16. The highest BCUT2D eigenvalue weighted by Crippen LogP contribution is 2.22. The van der Waals surface area contributed by atoms with Crippen LogP contribution in [-0.4, -0.2) is 5.11 Å². The van der Waals surface area contributed by atoms with Crippen LogP contribution in [0.5, 0.6) is 5.75 Å². The van der Waals surface area contributed by atoms with Crippen LogP contribution < -0.4 is 0 Å². The van der Waals surface area contributed by atoms with E-state index in [1.165, 1.54) is 18.2 Å². The van der Waals surface area contributed by atoms with Crippen molar-refractivity contribution in [1.82, 2.24) is 0 Å². The molecule has 2 rings (SSSR count). The summed E-state index contributed by atoms with van der Waals surface area (Å²) in [6.07, 6.45) is 0. The Morgan fingerprint density at radius 3 is 2.25 bits per heavy atom. The van der Waals surface area contributed by atoms with Crippen LogP contribution in [0.1, 0.15) is 0 Å². The van der Waals surface area contributed by atoms with Gasteiger partial charge in [0.1, 0.15) is 11.4 Å². The summed E-state index contributed by atoms with van der Waals surface area (Å²) in [5.41, 5.74) is 0.747. The fourth-order valence-electron chi connectivity index (χ4n) is 1.16. The maximum Gasteiger partial charge on any atom is 0.150 e. The zero-order valence-corrected chi connectivity index (χ0v) is 8.34. The first-order valence-corrected chi connectivity index (χ1v) is 4.71. The summed E-state index contributed by atoms with van der Waals surface area (Å²) in [4.78, 5) is 0. The molecule has 0 aliphatic heterocycles. The molecule has 16 heavy (non-hydrogen) atoms. The molecule has 0 heterocycles. The molecule has 0 bridgehead atoms. The van der Waals surface area contributed by atoms with Gasteiger partial charge in [0.15, 0.2) is 5.82 Å². The number of rotatable bonds is 2. The Labute approximate surface area is 91.9 Å². The largest absolute Gasteiger partial charge is 0.508 e. The molecule has 1 N–H and O–H groups in total. The lowest BCUT2D eigenvalue weighted by Crippen LogP contribution is -1.72. The van der Waals surface area contributed by atoms with Crippen LogP contribution in [0.4, 0.5) is 15.8 Å². The molecule has 4 heteroatoms. The van der Waals surface area contributed by atoms with Gasteiger partial charge in [-0.25, -0.2) is 4.39 Å². The van der Waals surface area contributed by atoms with Gasteiger partial charge >= 0.3 is 0 Å². The van der Waals surface area contributed by atoms with E-state index in [9.17, 15) is 4.39 Å². The quantitative estimate of drug-likeness (QED) is 0.759. The van der Waals surface area contributed by atoms with Crippen LogP contribution in [0.3, 0.4) is 0 Å². The zero-order chi connectivity index (χ0) is 11.4. The number of phenols is 1. The van der Waals surface area contributed by atoms with Crippen molar-refractivity contribution in [1.29, 1.82) is 0 Å². The molecule has 0 aromatic heterocycles. The molecule has 0 aliphatic rings. The van der Waals surface area contributed by atoms with E-state index in [-0.39, 0.29) is 11.4 Å². The van der Waals surface area contributed by atoms with Crippen molar-refractivity contribution in [2.24, 2.45) is 10.2 Å². The fraction of sp³-hybridized carbons (Fsp3) is 0. The van der Waals surface area contributed by atoms with E-state index in [0.717, 1.165) is 0 Å². The van der Waals surface area contributed by atoms with Crippen molar-refractivity contribution in [2.75, 3.05) is 0 Å². The smallest absolute Gasteiger partial charge is 0.150 e. The van der Waals surface area contributed by atoms with Gasteiger partial charge in [-0.05, 0) is 36.4 Å².